The van der Waals surface area contributed by atoms with Crippen molar-refractivity contribution in [3.8, 4) is 0 Å². The monoisotopic (exact) mass is 602 g/mol. The molecule has 8 heteroatoms. The van der Waals surface area contributed by atoms with Gasteiger partial charge in [-0.2, -0.15) is 0 Å². The molecule has 4 aliphatic rings. The predicted molar refractivity (Wildman–Crippen MR) is 174 cm³/mol. The SMILES string of the molecule is CCCCCCN1CC2C(C1=O)C2(C)c1cccc(N)c1.CCCCCCN1CC2C(C1=O)C2(C)c1cccc([N+](=O)[O-])c1. The summed E-state index contributed by atoms with van der Waals surface area (Å²) < 4.78 is 0. The van der Waals surface area contributed by atoms with Crippen molar-refractivity contribution >= 4 is 23.2 Å². The third-order valence-corrected chi connectivity index (χ3v) is 11.2. The van der Waals surface area contributed by atoms with Gasteiger partial charge in [-0.15, -0.1) is 0 Å². The van der Waals surface area contributed by atoms with Crippen LogP contribution >= 0.6 is 0 Å². The molecule has 2 aromatic rings. The Bertz CT molecular complexity index is 1380. The molecule has 0 spiro atoms. The van der Waals surface area contributed by atoms with Gasteiger partial charge in [-0.05, 0) is 47.9 Å². The second-order valence-electron chi connectivity index (χ2n) is 13.9. The molecule has 6 unspecified atom stereocenters. The van der Waals surface area contributed by atoms with E-state index in [1.807, 2.05) is 29.2 Å². The van der Waals surface area contributed by atoms with Crippen LogP contribution in [0.15, 0.2) is 48.5 Å². The highest BCUT2D eigenvalue weighted by Gasteiger charge is 2.71. The van der Waals surface area contributed by atoms with Crippen LogP contribution in [0, 0.1) is 33.8 Å². The predicted octanol–water partition coefficient (Wildman–Crippen LogP) is 6.72. The zero-order valence-corrected chi connectivity index (χ0v) is 27.0. The van der Waals surface area contributed by atoms with Crippen molar-refractivity contribution in [3.63, 3.8) is 0 Å². The number of rotatable bonds is 13. The summed E-state index contributed by atoms with van der Waals surface area (Å²) in [5, 5.41) is 11.0. The molecule has 0 aromatic heterocycles. The number of nitro benzene ring substituents is 1. The maximum absolute atomic E-state index is 12.6. The summed E-state index contributed by atoms with van der Waals surface area (Å²) >= 11 is 0. The van der Waals surface area contributed by atoms with Crippen LogP contribution < -0.4 is 5.73 Å². The lowest BCUT2D eigenvalue weighted by Crippen LogP contribution is -2.34. The topological polar surface area (TPSA) is 110 Å². The van der Waals surface area contributed by atoms with E-state index in [2.05, 4.69) is 38.7 Å². The van der Waals surface area contributed by atoms with E-state index >= 15 is 0 Å². The van der Waals surface area contributed by atoms with E-state index in [4.69, 9.17) is 5.73 Å². The first-order valence-electron chi connectivity index (χ1n) is 16.8. The maximum Gasteiger partial charge on any atom is 0.269 e. The summed E-state index contributed by atoms with van der Waals surface area (Å²) in [7, 11) is 0. The molecular weight excluding hydrogens is 552 g/mol. The second-order valence-corrected chi connectivity index (χ2v) is 13.9. The van der Waals surface area contributed by atoms with Gasteiger partial charge in [-0.3, -0.25) is 19.7 Å². The summed E-state index contributed by atoms with van der Waals surface area (Å²) in [6, 6.07) is 14.8. The number of benzene rings is 2. The first kappa shape index (κ1) is 32.0. The molecule has 0 bridgehead atoms. The van der Waals surface area contributed by atoms with E-state index in [-0.39, 0.29) is 39.2 Å². The normalized spacial score (nSPS) is 29.6. The summed E-state index contributed by atoms with van der Waals surface area (Å²) in [4.78, 5) is 39.9. The molecule has 44 heavy (non-hydrogen) atoms. The van der Waals surface area contributed by atoms with Crippen LogP contribution in [0.25, 0.3) is 0 Å². The first-order chi connectivity index (χ1) is 21.1. The number of nitrogen functional groups attached to an aromatic ring is 1. The average Bonchev–Trinajstić information content (AvgIpc) is 3.67. The van der Waals surface area contributed by atoms with Gasteiger partial charge < -0.3 is 15.5 Å². The van der Waals surface area contributed by atoms with Crippen LogP contribution in [-0.4, -0.2) is 52.7 Å². The number of anilines is 1. The van der Waals surface area contributed by atoms with Crippen molar-refractivity contribution in [2.45, 2.75) is 89.9 Å². The van der Waals surface area contributed by atoms with E-state index in [9.17, 15) is 19.7 Å². The molecule has 238 valence electrons. The van der Waals surface area contributed by atoms with Gasteiger partial charge in [0.05, 0.1) is 16.8 Å². The molecule has 8 nitrogen and oxygen atoms in total. The Morgan fingerprint density at radius 3 is 1.66 bits per heavy atom. The lowest BCUT2D eigenvalue weighted by Gasteiger charge is -2.24. The molecule has 4 fully saturated rings. The molecule has 0 radical (unpaired) electrons. The molecule has 2 saturated heterocycles. The van der Waals surface area contributed by atoms with Crippen LogP contribution in [0.2, 0.25) is 0 Å². The molecule has 6 rings (SSSR count). The number of nitrogens with two attached hydrogens (primary N) is 1. The Morgan fingerprint density at radius 2 is 1.25 bits per heavy atom. The van der Waals surface area contributed by atoms with Crippen LogP contribution in [0.5, 0.6) is 0 Å². The van der Waals surface area contributed by atoms with Crippen molar-refractivity contribution in [2.24, 2.45) is 23.7 Å². The number of unbranched alkanes of at least 4 members (excludes halogenated alkanes) is 6. The van der Waals surface area contributed by atoms with Gasteiger partial charge in [0.1, 0.15) is 0 Å². The number of non-ortho nitro benzene ring substituents is 1. The smallest absolute Gasteiger partial charge is 0.269 e. The lowest BCUT2D eigenvalue weighted by atomic mass is 9.91. The number of amides is 2. The van der Waals surface area contributed by atoms with E-state index < -0.39 is 0 Å². The van der Waals surface area contributed by atoms with Gasteiger partial charge in [-0.25, -0.2) is 0 Å². The minimum absolute atomic E-state index is 0.00989. The number of fused-ring (bicyclic) bond motifs is 2. The van der Waals surface area contributed by atoms with Crippen LogP contribution in [0.1, 0.15) is 90.2 Å². The van der Waals surface area contributed by atoms with Gasteiger partial charge in [0.25, 0.3) is 5.69 Å². The zero-order chi connectivity index (χ0) is 31.6. The number of hydrogen-bond acceptors (Lipinski definition) is 5. The average molecular weight is 603 g/mol. The number of nitrogens with zero attached hydrogens (tertiary/aromatic N) is 3. The van der Waals surface area contributed by atoms with Crippen LogP contribution in [0.3, 0.4) is 0 Å². The number of nitro groups is 1. The number of hydrogen-bond donors (Lipinski definition) is 1. The molecule has 2 aliphatic carbocycles. The van der Waals surface area contributed by atoms with Crippen LogP contribution in [0.4, 0.5) is 11.4 Å². The lowest BCUT2D eigenvalue weighted by molar-refractivity contribution is -0.384. The molecule has 2 N–H and O–H groups in total. The summed E-state index contributed by atoms with van der Waals surface area (Å²) in [5.74, 6) is 1.59. The molecule has 2 aliphatic heterocycles. The van der Waals surface area contributed by atoms with Crippen LogP contribution in [-0.2, 0) is 20.4 Å². The quantitative estimate of drug-likeness (QED) is 0.119. The fourth-order valence-electron chi connectivity index (χ4n) is 8.18. The van der Waals surface area contributed by atoms with Crippen molar-refractivity contribution in [1.82, 2.24) is 9.80 Å². The zero-order valence-electron chi connectivity index (χ0n) is 27.0. The molecule has 2 heterocycles. The van der Waals surface area contributed by atoms with Gasteiger partial charge in [0.15, 0.2) is 0 Å². The van der Waals surface area contributed by atoms with E-state index in [1.54, 1.807) is 12.1 Å². The fraction of sp³-hybridized carbons (Fsp3) is 0.611. The third-order valence-electron chi connectivity index (χ3n) is 11.2. The first-order valence-corrected chi connectivity index (χ1v) is 16.8. The Hall–Kier alpha value is -3.42. The van der Waals surface area contributed by atoms with E-state index in [0.717, 1.165) is 50.3 Å². The summed E-state index contributed by atoms with van der Waals surface area (Å²) in [6.45, 7) is 12.2. The summed E-state index contributed by atoms with van der Waals surface area (Å²) in [5.41, 5.74) is 8.76. The van der Waals surface area contributed by atoms with Crippen molar-refractivity contribution < 1.29 is 14.5 Å². The fourth-order valence-corrected chi connectivity index (χ4v) is 8.18. The van der Waals surface area contributed by atoms with Gasteiger partial charge in [0.2, 0.25) is 11.8 Å². The van der Waals surface area contributed by atoms with E-state index in [0.29, 0.717) is 17.7 Å². The van der Waals surface area contributed by atoms with Gasteiger partial charge in [0, 0.05) is 54.8 Å². The van der Waals surface area contributed by atoms with Gasteiger partial charge >= 0.3 is 0 Å². The molecule has 2 amide bonds. The van der Waals surface area contributed by atoms with Gasteiger partial charge in [-0.1, -0.05) is 90.5 Å². The number of carbonyl (C=O) groups is 2. The Kier molecular flexibility index (Phi) is 9.38. The number of likely N-dealkylation sites (tertiary alicyclic amines) is 2. The second kappa shape index (κ2) is 12.9. The molecular formula is C36H50N4O4. The Labute approximate surface area is 262 Å². The van der Waals surface area contributed by atoms with E-state index in [1.165, 1.54) is 50.2 Å². The molecule has 2 aromatic carbocycles. The summed E-state index contributed by atoms with van der Waals surface area (Å²) in [6.07, 6.45) is 9.58. The third kappa shape index (κ3) is 5.84. The largest absolute Gasteiger partial charge is 0.399 e. The standard InChI is InChI=1S/C18H24N2O3.C18H26N2O/c1-3-4-5-6-10-19-12-15-16(17(19)21)18(15,2)13-8-7-9-14(11-13)20(22)23;1-3-4-5-6-10-20-12-15-16(17(20)21)18(15,2)13-8-7-9-14(19)11-13/h7-9,11,15-16H,3-6,10,12H2,1-2H3;7-9,11,15-16H,3-6,10,12,19H2,1-2H3. The highest BCUT2D eigenvalue weighted by atomic mass is 16.6. The van der Waals surface area contributed by atoms with Crippen molar-refractivity contribution in [2.75, 3.05) is 31.9 Å². The maximum atomic E-state index is 12.6. The highest BCUT2D eigenvalue weighted by Crippen LogP contribution is 2.65. The van der Waals surface area contributed by atoms with Crippen molar-refractivity contribution in [3.05, 3.63) is 69.8 Å². The highest BCUT2D eigenvalue weighted by molar-refractivity contribution is 5.89. The van der Waals surface area contributed by atoms with Crippen molar-refractivity contribution in [1.29, 1.82) is 0 Å². The molecule has 6 atom stereocenters. The molecule has 2 saturated carbocycles. The Morgan fingerprint density at radius 1 is 0.773 bits per heavy atom. The minimum Gasteiger partial charge on any atom is -0.399 e. The number of carbonyl (C=O) groups excluding carboxylic acids is 2. The minimum atomic E-state index is -0.368. The Balaban J connectivity index is 0.000000175. The number of piperidine rings is 2.